The van der Waals surface area contributed by atoms with Crippen molar-refractivity contribution in [3.05, 3.63) is 30.1 Å². The topological polar surface area (TPSA) is 76.0 Å². The fourth-order valence-electron chi connectivity index (χ4n) is 3.30. The van der Waals surface area contributed by atoms with E-state index in [0.717, 1.165) is 30.3 Å². The van der Waals surface area contributed by atoms with Crippen molar-refractivity contribution in [3.63, 3.8) is 0 Å². The zero-order valence-corrected chi connectivity index (χ0v) is 14.0. The van der Waals surface area contributed by atoms with Gasteiger partial charge in [-0.05, 0) is 30.9 Å². The number of halogens is 3. The number of hydrazine groups is 1. The highest BCUT2D eigenvalue weighted by molar-refractivity contribution is 5.84. The maximum Gasteiger partial charge on any atom is 0.449 e. The summed E-state index contributed by atoms with van der Waals surface area (Å²) in [5.74, 6) is -1.93. The third-order valence-electron chi connectivity index (χ3n) is 4.50. The summed E-state index contributed by atoms with van der Waals surface area (Å²) in [6, 6.07) is 6.05. The number of fused-ring (bicyclic) bond motifs is 1. The van der Waals surface area contributed by atoms with Crippen LogP contribution in [0.15, 0.2) is 24.3 Å². The Morgan fingerprint density at radius 2 is 1.77 bits per heavy atom. The summed E-state index contributed by atoms with van der Waals surface area (Å²) in [6.07, 6.45) is -0.224. The number of aromatic nitrogens is 2. The molecule has 0 spiro atoms. The van der Waals surface area contributed by atoms with Crippen molar-refractivity contribution < 1.29 is 22.8 Å². The number of rotatable bonds is 4. The number of carbonyl (C=O) groups is 2. The van der Waals surface area contributed by atoms with Crippen LogP contribution in [0.2, 0.25) is 0 Å². The van der Waals surface area contributed by atoms with E-state index < -0.39 is 24.5 Å². The predicted octanol–water partition coefficient (Wildman–Crippen LogP) is 2.78. The summed E-state index contributed by atoms with van der Waals surface area (Å²) in [6.45, 7) is -0.598. The number of benzene rings is 1. The van der Waals surface area contributed by atoms with Gasteiger partial charge in [-0.1, -0.05) is 25.0 Å². The van der Waals surface area contributed by atoms with Crippen LogP contribution < -0.4 is 10.9 Å². The van der Waals surface area contributed by atoms with Gasteiger partial charge in [-0.2, -0.15) is 13.2 Å². The summed E-state index contributed by atoms with van der Waals surface area (Å²) in [5.41, 5.74) is 4.81. The molecule has 1 saturated carbocycles. The molecule has 0 saturated heterocycles. The van der Waals surface area contributed by atoms with Crippen LogP contribution in [0.3, 0.4) is 0 Å². The second-order valence-corrected chi connectivity index (χ2v) is 6.46. The highest BCUT2D eigenvalue weighted by Crippen LogP contribution is 2.31. The molecule has 0 atom stereocenters. The van der Waals surface area contributed by atoms with Crippen molar-refractivity contribution in [2.75, 3.05) is 0 Å². The minimum Gasteiger partial charge on any atom is -0.311 e. The number of hydrogen-bond acceptors (Lipinski definition) is 3. The molecule has 1 aromatic carbocycles. The van der Waals surface area contributed by atoms with E-state index in [1.165, 1.54) is 12.1 Å². The number of nitrogens with zero attached hydrogens (tertiary/aromatic N) is 2. The number of amides is 2. The Morgan fingerprint density at radius 3 is 2.46 bits per heavy atom. The molecule has 1 aliphatic carbocycles. The van der Waals surface area contributed by atoms with E-state index in [4.69, 9.17) is 0 Å². The summed E-state index contributed by atoms with van der Waals surface area (Å²) in [4.78, 5) is 27.4. The Labute approximate surface area is 147 Å². The maximum absolute atomic E-state index is 13.2. The average molecular weight is 368 g/mol. The fourth-order valence-corrected chi connectivity index (χ4v) is 3.30. The van der Waals surface area contributed by atoms with Gasteiger partial charge in [0.2, 0.25) is 11.7 Å². The molecular formula is C17H19F3N4O2. The zero-order chi connectivity index (χ0) is 18.7. The maximum atomic E-state index is 13.2. The van der Waals surface area contributed by atoms with E-state index in [1.54, 1.807) is 12.1 Å². The van der Waals surface area contributed by atoms with Gasteiger partial charge >= 0.3 is 6.18 Å². The van der Waals surface area contributed by atoms with Crippen molar-refractivity contribution in [2.45, 2.75) is 44.8 Å². The summed E-state index contributed by atoms with van der Waals surface area (Å²) < 4.78 is 40.4. The Morgan fingerprint density at radius 1 is 1.12 bits per heavy atom. The summed E-state index contributed by atoms with van der Waals surface area (Å²) in [7, 11) is 0. The summed E-state index contributed by atoms with van der Waals surface area (Å²) in [5, 5.41) is 0. The van der Waals surface area contributed by atoms with Crippen LogP contribution in [0.25, 0.3) is 11.0 Å². The molecule has 26 heavy (non-hydrogen) atoms. The predicted molar refractivity (Wildman–Crippen MR) is 87.6 cm³/mol. The van der Waals surface area contributed by atoms with E-state index >= 15 is 0 Å². The van der Waals surface area contributed by atoms with E-state index in [9.17, 15) is 22.8 Å². The van der Waals surface area contributed by atoms with Crippen molar-refractivity contribution in [2.24, 2.45) is 5.92 Å². The Kier molecular flexibility index (Phi) is 5.15. The fraction of sp³-hybridized carbons (Fsp3) is 0.471. The van der Waals surface area contributed by atoms with Crippen molar-refractivity contribution in [1.82, 2.24) is 20.4 Å². The molecule has 1 fully saturated rings. The summed E-state index contributed by atoms with van der Waals surface area (Å²) >= 11 is 0. The molecule has 2 amide bonds. The molecule has 9 heteroatoms. The number of nitrogens with one attached hydrogen (secondary N) is 2. The van der Waals surface area contributed by atoms with Crippen LogP contribution >= 0.6 is 0 Å². The number of hydrogen-bond donors (Lipinski definition) is 2. The van der Waals surface area contributed by atoms with Crippen molar-refractivity contribution in [3.8, 4) is 0 Å². The van der Waals surface area contributed by atoms with E-state index in [2.05, 4.69) is 15.8 Å². The standard InChI is InChI=1S/C17H19F3N4O2/c18-17(19,20)16-21-12-7-3-4-8-13(12)24(16)10-15(26)23-22-14(25)9-11-5-1-2-6-11/h3-4,7-8,11H,1-2,5-6,9-10H2,(H,22,25)(H,23,26). The first-order chi connectivity index (χ1) is 12.3. The van der Waals surface area contributed by atoms with Gasteiger partial charge in [0.1, 0.15) is 6.54 Å². The van der Waals surface area contributed by atoms with Gasteiger partial charge in [-0.15, -0.1) is 0 Å². The SMILES string of the molecule is O=C(CC1CCCC1)NNC(=O)Cn1c(C(F)(F)F)nc2ccccc21. The quantitative estimate of drug-likeness (QED) is 0.815. The van der Waals surface area contributed by atoms with Gasteiger partial charge < -0.3 is 4.57 Å². The first-order valence-electron chi connectivity index (χ1n) is 8.45. The molecular weight excluding hydrogens is 349 g/mol. The van der Waals surface area contributed by atoms with Crippen molar-refractivity contribution in [1.29, 1.82) is 0 Å². The Bertz CT molecular complexity index is 810. The lowest BCUT2D eigenvalue weighted by Crippen LogP contribution is -2.43. The zero-order valence-electron chi connectivity index (χ0n) is 14.0. The second-order valence-electron chi connectivity index (χ2n) is 6.46. The molecule has 3 rings (SSSR count). The molecule has 2 N–H and O–H groups in total. The minimum absolute atomic E-state index is 0.151. The number of imidazole rings is 1. The monoisotopic (exact) mass is 368 g/mol. The van der Waals surface area contributed by atoms with Crippen molar-refractivity contribution >= 4 is 22.8 Å². The van der Waals surface area contributed by atoms with Gasteiger partial charge in [-0.25, -0.2) is 4.98 Å². The van der Waals surface area contributed by atoms with Gasteiger partial charge in [0.15, 0.2) is 0 Å². The molecule has 1 heterocycles. The smallest absolute Gasteiger partial charge is 0.311 e. The van der Waals surface area contributed by atoms with E-state index in [1.807, 2.05) is 0 Å². The molecule has 0 aliphatic heterocycles. The first kappa shape index (κ1) is 18.2. The normalized spacial score (nSPS) is 15.3. The van der Waals surface area contributed by atoms with Crippen LogP contribution in [-0.4, -0.2) is 21.4 Å². The van der Waals surface area contributed by atoms with Gasteiger partial charge in [-0.3, -0.25) is 20.4 Å². The van der Waals surface area contributed by atoms with Crippen LogP contribution in [0.1, 0.15) is 37.9 Å². The van der Waals surface area contributed by atoms with Gasteiger partial charge in [0.25, 0.3) is 5.91 Å². The lowest BCUT2D eigenvalue weighted by Gasteiger charge is -2.13. The van der Waals surface area contributed by atoms with Gasteiger partial charge in [0.05, 0.1) is 11.0 Å². The van der Waals surface area contributed by atoms with Crippen LogP contribution in [0.4, 0.5) is 13.2 Å². The molecule has 1 aliphatic rings. The molecule has 1 aromatic heterocycles. The molecule has 0 unspecified atom stereocenters. The van der Waals surface area contributed by atoms with Gasteiger partial charge in [0, 0.05) is 6.42 Å². The number of alkyl halides is 3. The Hall–Kier alpha value is -2.58. The first-order valence-corrected chi connectivity index (χ1v) is 8.45. The molecule has 2 aromatic rings. The highest BCUT2D eigenvalue weighted by atomic mass is 19.4. The minimum atomic E-state index is -4.69. The largest absolute Gasteiger partial charge is 0.449 e. The van der Waals surface area contributed by atoms with Crippen LogP contribution in [0.5, 0.6) is 0 Å². The third kappa shape index (κ3) is 4.14. The van der Waals surface area contributed by atoms with Crippen LogP contribution in [0, 0.1) is 5.92 Å². The number of para-hydroxylation sites is 2. The highest BCUT2D eigenvalue weighted by Gasteiger charge is 2.38. The molecule has 140 valence electrons. The second kappa shape index (κ2) is 7.35. The van der Waals surface area contributed by atoms with E-state index in [-0.39, 0.29) is 16.9 Å². The molecule has 0 radical (unpaired) electrons. The number of carbonyl (C=O) groups excluding carboxylic acids is 2. The van der Waals surface area contributed by atoms with E-state index in [0.29, 0.717) is 12.3 Å². The average Bonchev–Trinajstić information content (AvgIpc) is 3.21. The Balaban J connectivity index is 1.66. The lowest BCUT2D eigenvalue weighted by atomic mass is 10.0. The third-order valence-corrected chi connectivity index (χ3v) is 4.50. The van der Waals surface area contributed by atoms with Crippen LogP contribution in [-0.2, 0) is 22.3 Å². The molecule has 6 nitrogen and oxygen atoms in total. The molecule has 0 bridgehead atoms. The lowest BCUT2D eigenvalue weighted by molar-refractivity contribution is -0.147.